The van der Waals surface area contributed by atoms with Crippen LogP contribution in [0.2, 0.25) is 0 Å². The lowest BCUT2D eigenvalue weighted by atomic mass is 10.2. The summed E-state index contributed by atoms with van der Waals surface area (Å²) in [5, 5.41) is 12.8. The van der Waals surface area contributed by atoms with Gasteiger partial charge >= 0.3 is 6.03 Å². The maximum Gasteiger partial charge on any atom is 0.322 e. The van der Waals surface area contributed by atoms with E-state index in [9.17, 15) is 23.7 Å². The summed E-state index contributed by atoms with van der Waals surface area (Å²) in [5.41, 5.74) is -1.41. The van der Waals surface area contributed by atoms with Gasteiger partial charge in [-0.05, 0) is 18.9 Å². The van der Waals surface area contributed by atoms with Gasteiger partial charge in [0.25, 0.3) is 5.69 Å². The number of amides is 2. The molecule has 0 unspecified atom stereocenters. The van der Waals surface area contributed by atoms with Gasteiger partial charge in [0.2, 0.25) is 0 Å². The Bertz CT molecular complexity index is 530. The number of rotatable bonds is 2. The third-order valence-corrected chi connectivity index (χ3v) is 2.89. The first-order chi connectivity index (χ1) is 9.00. The third-order valence-electron chi connectivity index (χ3n) is 2.89. The number of nitrogens with one attached hydrogen (secondary N) is 1. The number of carbonyl (C=O) groups excluding carboxylic acids is 1. The molecular weight excluding hydrogens is 260 g/mol. The Morgan fingerprint density at radius 1 is 1.32 bits per heavy atom. The Kier molecular flexibility index (Phi) is 3.59. The van der Waals surface area contributed by atoms with Crippen LogP contribution in [0.4, 0.5) is 25.0 Å². The summed E-state index contributed by atoms with van der Waals surface area (Å²) in [5.74, 6) is -2.68. The van der Waals surface area contributed by atoms with Crippen molar-refractivity contribution in [1.29, 1.82) is 0 Å². The molecule has 0 aliphatic carbocycles. The number of hydrogen-bond acceptors (Lipinski definition) is 3. The second-order valence-corrected chi connectivity index (χ2v) is 4.14. The third kappa shape index (κ3) is 2.61. The number of carbonyl (C=O) groups is 1. The molecule has 1 saturated heterocycles. The van der Waals surface area contributed by atoms with E-state index in [0.717, 1.165) is 18.9 Å². The molecule has 0 atom stereocenters. The number of hydrogen-bond donors (Lipinski definition) is 1. The van der Waals surface area contributed by atoms with Gasteiger partial charge < -0.3 is 4.90 Å². The predicted molar refractivity (Wildman–Crippen MR) is 62.8 cm³/mol. The lowest BCUT2D eigenvalue weighted by Crippen LogP contribution is -2.32. The minimum Gasteiger partial charge on any atom is -0.325 e. The average Bonchev–Trinajstić information content (AvgIpc) is 2.88. The average molecular weight is 271 g/mol. The van der Waals surface area contributed by atoms with Crippen LogP contribution >= 0.6 is 0 Å². The molecule has 102 valence electrons. The van der Waals surface area contributed by atoms with Crippen LogP contribution in [0.1, 0.15) is 12.8 Å². The minimum atomic E-state index is -1.43. The van der Waals surface area contributed by atoms with Crippen molar-refractivity contribution in [3.8, 4) is 0 Å². The lowest BCUT2D eigenvalue weighted by Gasteiger charge is -2.16. The molecule has 1 aliphatic heterocycles. The topological polar surface area (TPSA) is 75.5 Å². The van der Waals surface area contributed by atoms with Gasteiger partial charge in [0, 0.05) is 19.2 Å². The normalized spacial score (nSPS) is 14.5. The van der Waals surface area contributed by atoms with Gasteiger partial charge in [-0.3, -0.25) is 15.4 Å². The van der Waals surface area contributed by atoms with E-state index in [4.69, 9.17) is 0 Å². The van der Waals surface area contributed by atoms with Crippen LogP contribution in [0.25, 0.3) is 0 Å². The zero-order chi connectivity index (χ0) is 14.0. The number of nitrogens with zero attached hydrogens (tertiary/aromatic N) is 2. The van der Waals surface area contributed by atoms with E-state index in [1.165, 1.54) is 4.90 Å². The molecule has 1 heterocycles. The van der Waals surface area contributed by atoms with Gasteiger partial charge in [0.15, 0.2) is 17.3 Å². The van der Waals surface area contributed by atoms with E-state index in [-0.39, 0.29) is 0 Å². The number of nitro groups is 1. The van der Waals surface area contributed by atoms with Gasteiger partial charge in [-0.25, -0.2) is 13.6 Å². The summed E-state index contributed by atoms with van der Waals surface area (Å²) >= 11 is 0. The molecule has 1 aliphatic rings. The quantitative estimate of drug-likeness (QED) is 0.663. The zero-order valence-corrected chi connectivity index (χ0v) is 9.86. The molecule has 6 nitrogen and oxygen atoms in total. The monoisotopic (exact) mass is 271 g/mol. The molecule has 2 rings (SSSR count). The second kappa shape index (κ2) is 5.17. The molecule has 8 heteroatoms. The fourth-order valence-electron chi connectivity index (χ4n) is 1.92. The number of benzene rings is 1. The van der Waals surface area contributed by atoms with Crippen LogP contribution in [0.15, 0.2) is 12.1 Å². The summed E-state index contributed by atoms with van der Waals surface area (Å²) in [6.07, 6.45) is 1.64. The smallest absolute Gasteiger partial charge is 0.322 e. The molecular formula is C11H11F2N3O3. The Morgan fingerprint density at radius 3 is 2.53 bits per heavy atom. The highest BCUT2D eigenvalue weighted by molar-refractivity contribution is 5.92. The summed E-state index contributed by atoms with van der Waals surface area (Å²) in [6.45, 7) is 0.993. The van der Waals surface area contributed by atoms with Crippen LogP contribution in [-0.2, 0) is 0 Å². The summed E-state index contributed by atoms with van der Waals surface area (Å²) in [7, 11) is 0. The highest BCUT2D eigenvalue weighted by atomic mass is 19.2. The van der Waals surface area contributed by atoms with Crippen LogP contribution in [0, 0.1) is 21.7 Å². The van der Waals surface area contributed by atoms with Crippen molar-refractivity contribution in [1.82, 2.24) is 4.90 Å². The molecule has 1 aromatic carbocycles. The number of halogens is 2. The fourth-order valence-corrected chi connectivity index (χ4v) is 1.92. The molecule has 1 aromatic rings. The molecule has 0 saturated carbocycles. The standard InChI is InChI=1S/C11H11F2N3O3/c12-7-3-4-8(16(18)19)10(9(7)13)14-11(17)15-5-1-2-6-15/h3-4H,1-2,5-6H2,(H,14,17). The Hall–Kier alpha value is -2.25. The first-order valence-electron chi connectivity index (χ1n) is 5.69. The maximum atomic E-state index is 13.6. The summed E-state index contributed by atoms with van der Waals surface area (Å²) < 4.78 is 26.6. The number of urea groups is 1. The van der Waals surface area contributed by atoms with Gasteiger partial charge in [-0.1, -0.05) is 0 Å². The molecule has 1 N–H and O–H groups in total. The lowest BCUT2D eigenvalue weighted by molar-refractivity contribution is -0.384. The van der Waals surface area contributed by atoms with E-state index in [1.54, 1.807) is 0 Å². The highest BCUT2D eigenvalue weighted by Crippen LogP contribution is 2.29. The van der Waals surface area contributed by atoms with Gasteiger partial charge in [-0.2, -0.15) is 0 Å². The van der Waals surface area contributed by atoms with E-state index in [2.05, 4.69) is 5.32 Å². The first-order valence-corrected chi connectivity index (χ1v) is 5.69. The van der Waals surface area contributed by atoms with Crippen LogP contribution in [-0.4, -0.2) is 28.9 Å². The predicted octanol–water partition coefficient (Wildman–Crippen LogP) is 2.50. The van der Waals surface area contributed by atoms with Gasteiger partial charge in [0.1, 0.15) is 0 Å². The largest absolute Gasteiger partial charge is 0.325 e. The molecule has 0 spiro atoms. The summed E-state index contributed by atoms with van der Waals surface area (Å²) in [4.78, 5) is 23.0. The van der Waals surface area contributed by atoms with Crippen molar-refractivity contribution >= 4 is 17.4 Å². The molecule has 1 fully saturated rings. The van der Waals surface area contributed by atoms with Crippen molar-refractivity contribution < 1.29 is 18.5 Å². The molecule has 0 aromatic heterocycles. The highest BCUT2D eigenvalue weighted by Gasteiger charge is 2.26. The van der Waals surface area contributed by atoms with E-state index >= 15 is 0 Å². The Morgan fingerprint density at radius 2 is 1.95 bits per heavy atom. The summed E-state index contributed by atoms with van der Waals surface area (Å²) in [6, 6.07) is 0.807. The Balaban J connectivity index is 2.29. The van der Waals surface area contributed by atoms with Crippen molar-refractivity contribution in [3.05, 3.63) is 33.9 Å². The van der Waals surface area contributed by atoms with Crippen LogP contribution in [0.5, 0.6) is 0 Å². The van der Waals surface area contributed by atoms with Crippen molar-refractivity contribution in [3.63, 3.8) is 0 Å². The van der Waals surface area contributed by atoms with Crippen molar-refractivity contribution in [2.45, 2.75) is 12.8 Å². The van der Waals surface area contributed by atoms with E-state index < -0.39 is 34.0 Å². The van der Waals surface area contributed by atoms with Crippen LogP contribution in [0.3, 0.4) is 0 Å². The van der Waals surface area contributed by atoms with Gasteiger partial charge in [0.05, 0.1) is 4.92 Å². The number of nitro benzene ring substituents is 1. The zero-order valence-electron chi connectivity index (χ0n) is 9.86. The van der Waals surface area contributed by atoms with Gasteiger partial charge in [-0.15, -0.1) is 0 Å². The second-order valence-electron chi connectivity index (χ2n) is 4.14. The Labute approximate surface area is 107 Å². The van der Waals surface area contributed by atoms with E-state index in [1.807, 2.05) is 0 Å². The molecule has 19 heavy (non-hydrogen) atoms. The van der Waals surface area contributed by atoms with Crippen molar-refractivity contribution in [2.24, 2.45) is 0 Å². The molecule has 0 radical (unpaired) electrons. The molecule has 2 amide bonds. The maximum absolute atomic E-state index is 13.6. The number of likely N-dealkylation sites (tertiary alicyclic amines) is 1. The fraction of sp³-hybridized carbons (Fsp3) is 0.364. The number of anilines is 1. The van der Waals surface area contributed by atoms with E-state index in [0.29, 0.717) is 19.2 Å². The first kappa shape index (κ1) is 13.2. The molecule has 0 bridgehead atoms. The SMILES string of the molecule is O=C(Nc1c([N+](=O)[O-])ccc(F)c1F)N1CCCC1. The van der Waals surface area contributed by atoms with Crippen LogP contribution < -0.4 is 5.32 Å². The van der Waals surface area contributed by atoms with Crippen molar-refractivity contribution in [2.75, 3.05) is 18.4 Å². The minimum absolute atomic E-state index is 0.497.